The van der Waals surface area contributed by atoms with Gasteiger partial charge >= 0.3 is 0 Å². The van der Waals surface area contributed by atoms with Gasteiger partial charge in [-0.05, 0) is 68.7 Å². The summed E-state index contributed by atoms with van der Waals surface area (Å²) in [5, 5.41) is 3.71. The number of halogens is 2. The van der Waals surface area contributed by atoms with Gasteiger partial charge in [0.2, 0.25) is 11.8 Å². The Balaban J connectivity index is 1.72. The lowest BCUT2D eigenvalue weighted by molar-refractivity contribution is -0.139. The molecule has 1 aliphatic rings. The standard InChI is InChI=1S/C32H37Cl2N3O6S/c1-21-9-12-25(13-10-21)37(44(40,41)26-14-16-29(42-3)30(18-26)43-4)20-31(38)36(19-23-11-15-27(33)28(34)17-23)22(2)32(39)35-24-7-5-6-8-24/h9-18,22,24H,5-8,19-20H2,1-4H3,(H,35,39)/t22-/m1/s1. The van der Waals surface area contributed by atoms with Crippen LogP contribution in [0.5, 0.6) is 11.5 Å². The number of benzene rings is 3. The molecule has 3 aromatic carbocycles. The Hall–Kier alpha value is -3.47. The Morgan fingerprint density at radius 3 is 2.20 bits per heavy atom. The molecule has 0 bridgehead atoms. The van der Waals surface area contributed by atoms with Crippen molar-refractivity contribution in [3.8, 4) is 11.5 Å². The molecule has 0 radical (unpaired) electrons. The fraction of sp³-hybridized carbons (Fsp3) is 0.375. The number of hydrogen-bond donors (Lipinski definition) is 1. The first kappa shape index (κ1) is 33.4. The van der Waals surface area contributed by atoms with Crippen LogP contribution in [0.15, 0.2) is 65.6 Å². The van der Waals surface area contributed by atoms with Crippen LogP contribution in [0.2, 0.25) is 10.0 Å². The Bertz CT molecular complexity index is 1590. The number of anilines is 1. The third-order valence-corrected chi connectivity index (χ3v) is 10.3. The molecule has 0 unspecified atom stereocenters. The molecule has 12 heteroatoms. The van der Waals surface area contributed by atoms with Gasteiger partial charge in [0.25, 0.3) is 10.0 Å². The van der Waals surface area contributed by atoms with Gasteiger partial charge in [0, 0.05) is 18.7 Å². The van der Waals surface area contributed by atoms with Gasteiger partial charge in [-0.1, -0.05) is 59.8 Å². The van der Waals surface area contributed by atoms with Crippen LogP contribution in [0.25, 0.3) is 0 Å². The van der Waals surface area contributed by atoms with Crippen LogP contribution < -0.4 is 19.1 Å². The van der Waals surface area contributed by atoms with E-state index in [-0.39, 0.29) is 34.8 Å². The van der Waals surface area contributed by atoms with Crippen LogP contribution in [-0.2, 0) is 26.2 Å². The minimum Gasteiger partial charge on any atom is -0.493 e. The highest BCUT2D eigenvalue weighted by atomic mass is 35.5. The van der Waals surface area contributed by atoms with E-state index in [0.717, 1.165) is 35.6 Å². The number of carbonyl (C=O) groups excluding carboxylic acids is 2. The summed E-state index contributed by atoms with van der Waals surface area (Å²) in [5.41, 5.74) is 1.84. The molecule has 2 amide bonds. The summed E-state index contributed by atoms with van der Waals surface area (Å²) < 4.78 is 40.0. The monoisotopic (exact) mass is 661 g/mol. The molecule has 1 N–H and O–H groups in total. The van der Waals surface area contributed by atoms with Gasteiger partial charge in [-0.15, -0.1) is 0 Å². The van der Waals surface area contributed by atoms with E-state index < -0.39 is 28.5 Å². The van der Waals surface area contributed by atoms with E-state index in [2.05, 4.69) is 5.32 Å². The fourth-order valence-electron chi connectivity index (χ4n) is 5.15. The second kappa shape index (κ2) is 14.5. The van der Waals surface area contributed by atoms with Crippen molar-refractivity contribution in [1.82, 2.24) is 10.2 Å². The lowest BCUT2D eigenvalue weighted by atomic mass is 10.1. The molecule has 1 aliphatic carbocycles. The molecule has 1 fully saturated rings. The number of aryl methyl sites for hydroxylation is 1. The lowest BCUT2D eigenvalue weighted by Gasteiger charge is -2.32. The number of amides is 2. The first-order chi connectivity index (χ1) is 20.9. The van der Waals surface area contributed by atoms with E-state index in [4.69, 9.17) is 32.7 Å². The van der Waals surface area contributed by atoms with Crippen LogP contribution in [0.3, 0.4) is 0 Å². The zero-order valence-corrected chi connectivity index (χ0v) is 27.5. The van der Waals surface area contributed by atoms with E-state index in [0.29, 0.717) is 21.4 Å². The van der Waals surface area contributed by atoms with Gasteiger partial charge in [-0.25, -0.2) is 8.42 Å². The summed E-state index contributed by atoms with van der Waals surface area (Å²) in [5.74, 6) is -0.300. The molecule has 3 aromatic rings. The zero-order valence-electron chi connectivity index (χ0n) is 25.2. The summed E-state index contributed by atoms with van der Waals surface area (Å²) in [6.07, 6.45) is 3.82. The summed E-state index contributed by atoms with van der Waals surface area (Å²) in [4.78, 5) is 28.8. The van der Waals surface area contributed by atoms with Gasteiger partial charge in [-0.3, -0.25) is 13.9 Å². The molecular weight excluding hydrogens is 625 g/mol. The topological polar surface area (TPSA) is 105 Å². The number of methoxy groups -OCH3 is 2. The average molecular weight is 663 g/mol. The highest BCUT2D eigenvalue weighted by Gasteiger charge is 2.34. The van der Waals surface area contributed by atoms with Crippen LogP contribution >= 0.6 is 23.2 Å². The number of ether oxygens (including phenoxy) is 2. The van der Waals surface area contributed by atoms with Crippen LogP contribution in [0.4, 0.5) is 5.69 Å². The zero-order chi connectivity index (χ0) is 32.0. The van der Waals surface area contributed by atoms with E-state index in [1.807, 2.05) is 6.92 Å². The molecule has 4 rings (SSSR count). The van der Waals surface area contributed by atoms with Gasteiger partial charge in [0.1, 0.15) is 12.6 Å². The predicted molar refractivity (Wildman–Crippen MR) is 172 cm³/mol. The predicted octanol–water partition coefficient (Wildman–Crippen LogP) is 5.99. The maximum absolute atomic E-state index is 14.2. The highest BCUT2D eigenvalue weighted by Crippen LogP contribution is 2.33. The summed E-state index contributed by atoms with van der Waals surface area (Å²) >= 11 is 12.4. The van der Waals surface area contributed by atoms with Crippen molar-refractivity contribution in [2.45, 2.75) is 63.1 Å². The third kappa shape index (κ3) is 7.78. The van der Waals surface area contributed by atoms with Crippen molar-refractivity contribution in [2.75, 3.05) is 25.1 Å². The first-order valence-corrected chi connectivity index (χ1v) is 16.5. The lowest BCUT2D eigenvalue weighted by Crippen LogP contribution is -2.52. The molecule has 0 spiro atoms. The van der Waals surface area contributed by atoms with Crippen LogP contribution in [-0.4, -0.2) is 58.0 Å². The van der Waals surface area contributed by atoms with Crippen molar-refractivity contribution in [3.63, 3.8) is 0 Å². The van der Waals surface area contributed by atoms with Crippen LogP contribution in [0, 0.1) is 6.92 Å². The van der Waals surface area contributed by atoms with Crippen molar-refractivity contribution in [1.29, 1.82) is 0 Å². The van der Waals surface area contributed by atoms with Crippen molar-refractivity contribution in [2.24, 2.45) is 0 Å². The molecule has 0 aromatic heterocycles. The second-order valence-electron chi connectivity index (χ2n) is 10.8. The van der Waals surface area contributed by atoms with Gasteiger partial charge < -0.3 is 19.7 Å². The summed E-state index contributed by atoms with van der Waals surface area (Å²) in [6, 6.07) is 15.2. The maximum Gasteiger partial charge on any atom is 0.264 e. The van der Waals surface area contributed by atoms with E-state index in [1.165, 1.54) is 37.3 Å². The van der Waals surface area contributed by atoms with Crippen molar-refractivity contribution in [3.05, 3.63) is 81.8 Å². The first-order valence-electron chi connectivity index (χ1n) is 14.3. The molecule has 1 saturated carbocycles. The quantitative estimate of drug-likeness (QED) is 0.256. The number of rotatable bonds is 12. The Labute approximate surface area is 269 Å². The molecule has 0 saturated heterocycles. The molecule has 236 valence electrons. The maximum atomic E-state index is 14.2. The average Bonchev–Trinajstić information content (AvgIpc) is 3.53. The fourth-order valence-corrected chi connectivity index (χ4v) is 6.90. The second-order valence-corrected chi connectivity index (χ2v) is 13.5. The minimum atomic E-state index is -4.29. The summed E-state index contributed by atoms with van der Waals surface area (Å²) in [6.45, 7) is 2.96. The normalized spacial score (nSPS) is 14.1. The van der Waals surface area contributed by atoms with Gasteiger partial charge in [0.05, 0.1) is 34.8 Å². The van der Waals surface area contributed by atoms with Crippen LogP contribution in [0.1, 0.15) is 43.7 Å². The third-order valence-electron chi connectivity index (χ3n) is 7.75. The van der Waals surface area contributed by atoms with Crippen molar-refractivity contribution < 1.29 is 27.5 Å². The number of hydrogen-bond acceptors (Lipinski definition) is 6. The van der Waals surface area contributed by atoms with E-state index in [9.17, 15) is 18.0 Å². The minimum absolute atomic E-state index is 0.00706. The number of nitrogens with one attached hydrogen (secondary N) is 1. The Kier molecular flexibility index (Phi) is 11.0. The molecule has 9 nitrogen and oxygen atoms in total. The highest BCUT2D eigenvalue weighted by molar-refractivity contribution is 7.92. The molecule has 1 atom stereocenters. The number of sulfonamides is 1. The van der Waals surface area contributed by atoms with Crippen molar-refractivity contribution >= 4 is 50.7 Å². The smallest absolute Gasteiger partial charge is 0.264 e. The molecular formula is C32H37Cl2N3O6S. The van der Waals surface area contributed by atoms with Gasteiger partial charge in [-0.2, -0.15) is 0 Å². The Morgan fingerprint density at radius 2 is 1.59 bits per heavy atom. The molecule has 0 heterocycles. The SMILES string of the molecule is COc1ccc(S(=O)(=O)N(CC(=O)N(Cc2ccc(Cl)c(Cl)c2)[C@H](C)C(=O)NC2CCCC2)c2ccc(C)cc2)cc1OC. The van der Waals surface area contributed by atoms with E-state index in [1.54, 1.807) is 49.4 Å². The molecule has 0 aliphatic heterocycles. The number of carbonyl (C=O) groups is 2. The molecule has 44 heavy (non-hydrogen) atoms. The largest absolute Gasteiger partial charge is 0.493 e. The summed E-state index contributed by atoms with van der Waals surface area (Å²) in [7, 11) is -1.43. The van der Waals surface area contributed by atoms with Gasteiger partial charge in [0.15, 0.2) is 11.5 Å². The number of nitrogens with zero attached hydrogens (tertiary/aromatic N) is 2. The Morgan fingerprint density at radius 1 is 0.932 bits per heavy atom. The van der Waals surface area contributed by atoms with E-state index >= 15 is 0 Å².